The van der Waals surface area contributed by atoms with Gasteiger partial charge in [0.2, 0.25) is 0 Å². The minimum absolute atomic E-state index is 0.0179. The van der Waals surface area contributed by atoms with Crippen LogP contribution in [0.1, 0.15) is 107 Å². The predicted octanol–water partition coefficient (Wildman–Crippen LogP) is 7.65. The number of ether oxygens (including phenoxy) is 1. The number of methoxy groups -OCH3 is 1. The van der Waals surface area contributed by atoms with Gasteiger partial charge >= 0.3 is 0 Å². The Morgan fingerprint density at radius 2 is 1.58 bits per heavy atom. The van der Waals surface area contributed by atoms with Crippen molar-refractivity contribution in [3.8, 4) is 0 Å². The van der Waals surface area contributed by atoms with E-state index in [4.69, 9.17) is 4.74 Å². The molecule has 0 spiro atoms. The molecule has 0 aromatic rings. The van der Waals surface area contributed by atoms with E-state index in [-0.39, 0.29) is 33.9 Å². The molecule has 0 aromatic heterocycles. The summed E-state index contributed by atoms with van der Waals surface area (Å²) in [5.41, 5.74) is 2.94. The maximum absolute atomic E-state index is 11.0. The molecule has 0 heterocycles. The van der Waals surface area contributed by atoms with Gasteiger partial charge in [-0.1, -0.05) is 67.0 Å². The van der Waals surface area contributed by atoms with Gasteiger partial charge in [0.25, 0.3) is 0 Å². The molecule has 4 saturated carbocycles. The van der Waals surface area contributed by atoms with Crippen molar-refractivity contribution in [1.29, 1.82) is 0 Å². The predicted molar refractivity (Wildman–Crippen MR) is 137 cm³/mol. The molecule has 5 aliphatic carbocycles. The minimum Gasteiger partial charge on any atom is -0.393 e. The highest BCUT2D eigenvalue weighted by atomic mass is 16.5. The molecule has 2 heteroatoms. The molecule has 0 aliphatic heterocycles. The largest absolute Gasteiger partial charge is 0.393 e. The standard InChI is InChI=1S/C31H52O2/c1-19-10-13-28(5)16-17-30(7)21(25(28)20(19)2)18-22(33-9)26-29(6)14-12-24(32)27(3,4)23(29)11-15-31(26,30)8/h18-20,22-26,32H,10-17H2,1-9H3/t19-,20+,22?,23+,24-,25+,26-,28-,29+,30-,31-/m1/s1. The molecule has 0 saturated heterocycles. The normalized spacial score (nSPS) is 57.8. The lowest BCUT2D eigenvalue weighted by Crippen LogP contribution is -2.67. The van der Waals surface area contributed by atoms with Crippen molar-refractivity contribution in [3.05, 3.63) is 11.6 Å². The van der Waals surface area contributed by atoms with Crippen molar-refractivity contribution >= 4 is 0 Å². The Morgan fingerprint density at radius 1 is 0.879 bits per heavy atom. The number of aliphatic hydroxyl groups is 1. The van der Waals surface area contributed by atoms with Gasteiger partial charge in [-0.15, -0.1) is 0 Å². The molecular weight excluding hydrogens is 404 g/mol. The number of hydrogen-bond donors (Lipinski definition) is 1. The maximum atomic E-state index is 11.0. The van der Waals surface area contributed by atoms with E-state index in [1.807, 2.05) is 7.11 Å². The Hall–Kier alpha value is -0.340. The lowest BCUT2D eigenvalue weighted by atomic mass is 9.33. The van der Waals surface area contributed by atoms with Gasteiger partial charge in [-0.25, -0.2) is 0 Å². The minimum atomic E-state index is -0.175. The van der Waals surface area contributed by atoms with E-state index in [1.54, 1.807) is 5.57 Å². The van der Waals surface area contributed by atoms with Crippen LogP contribution in [0, 0.1) is 56.7 Å². The van der Waals surface area contributed by atoms with E-state index in [0.717, 1.165) is 24.7 Å². The van der Waals surface area contributed by atoms with Crippen LogP contribution in [0.2, 0.25) is 0 Å². The topological polar surface area (TPSA) is 29.5 Å². The molecule has 1 N–H and O–H groups in total. The van der Waals surface area contributed by atoms with Crippen molar-refractivity contribution in [2.75, 3.05) is 7.11 Å². The van der Waals surface area contributed by atoms with E-state index in [1.165, 1.54) is 38.5 Å². The second-order valence-corrected chi connectivity index (χ2v) is 15.0. The highest BCUT2D eigenvalue weighted by Gasteiger charge is 2.70. The molecule has 0 radical (unpaired) electrons. The van der Waals surface area contributed by atoms with Crippen LogP contribution in [0.25, 0.3) is 0 Å². The Kier molecular flexibility index (Phi) is 5.42. The second-order valence-electron chi connectivity index (χ2n) is 15.0. The Bertz CT molecular complexity index is 829. The van der Waals surface area contributed by atoms with Crippen LogP contribution in [-0.2, 0) is 4.74 Å². The van der Waals surface area contributed by atoms with E-state index in [2.05, 4.69) is 61.5 Å². The molecule has 33 heavy (non-hydrogen) atoms. The first-order valence-corrected chi connectivity index (χ1v) is 14.2. The highest BCUT2D eigenvalue weighted by molar-refractivity contribution is 5.36. The van der Waals surface area contributed by atoms with E-state index in [9.17, 15) is 5.11 Å². The third-order valence-corrected chi connectivity index (χ3v) is 13.6. The van der Waals surface area contributed by atoms with Crippen molar-refractivity contribution in [2.45, 2.75) is 119 Å². The summed E-state index contributed by atoms with van der Waals surface area (Å²) >= 11 is 0. The summed E-state index contributed by atoms with van der Waals surface area (Å²) < 4.78 is 6.46. The molecule has 0 bridgehead atoms. The second kappa shape index (κ2) is 7.34. The number of fused-ring (bicyclic) bond motifs is 7. The monoisotopic (exact) mass is 456 g/mol. The van der Waals surface area contributed by atoms with E-state index >= 15 is 0 Å². The fourth-order valence-electron chi connectivity index (χ4n) is 11.1. The van der Waals surface area contributed by atoms with Gasteiger partial charge in [-0.3, -0.25) is 0 Å². The molecule has 11 atom stereocenters. The summed E-state index contributed by atoms with van der Waals surface area (Å²) in [7, 11) is 1.97. The molecule has 5 aliphatic rings. The fraction of sp³-hybridized carbons (Fsp3) is 0.935. The molecule has 4 fully saturated rings. The van der Waals surface area contributed by atoms with Crippen LogP contribution in [-0.4, -0.2) is 24.4 Å². The average Bonchev–Trinajstić information content (AvgIpc) is 2.74. The third-order valence-electron chi connectivity index (χ3n) is 13.6. The smallest absolute Gasteiger partial charge is 0.0793 e. The first kappa shape index (κ1) is 24.4. The van der Waals surface area contributed by atoms with Gasteiger partial charge < -0.3 is 9.84 Å². The molecule has 1 unspecified atom stereocenters. The van der Waals surface area contributed by atoms with Crippen molar-refractivity contribution in [2.24, 2.45) is 56.7 Å². The summed E-state index contributed by atoms with van der Waals surface area (Å²) in [6.07, 6.45) is 12.8. The lowest BCUT2D eigenvalue weighted by molar-refractivity contribution is -0.228. The van der Waals surface area contributed by atoms with E-state index in [0.29, 0.717) is 23.2 Å². The molecule has 0 amide bonds. The maximum Gasteiger partial charge on any atom is 0.0793 e. The van der Waals surface area contributed by atoms with Crippen molar-refractivity contribution in [3.63, 3.8) is 0 Å². The van der Waals surface area contributed by atoms with E-state index < -0.39 is 0 Å². The van der Waals surface area contributed by atoms with Gasteiger partial charge in [0.05, 0.1) is 12.2 Å². The Balaban J connectivity index is 1.66. The summed E-state index contributed by atoms with van der Waals surface area (Å²) in [6.45, 7) is 20.3. The van der Waals surface area contributed by atoms with Gasteiger partial charge in [0, 0.05) is 13.0 Å². The number of hydrogen-bond acceptors (Lipinski definition) is 2. The van der Waals surface area contributed by atoms with Crippen molar-refractivity contribution < 1.29 is 9.84 Å². The lowest BCUT2D eigenvalue weighted by Gasteiger charge is -2.72. The summed E-state index contributed by atoms with van der Waals surface area (Å²) in [4.78, 5) is 0. The molecule has 188 valence electrons. The summed E-state index contributed by atoms with van der Waals surface area (Å²) in [6, 6.07) is 0. The quantitative estimate of drug-likeness (QED) is 0.411. The molecule has 5 rings (SSSR count). The van der Waals surface area contributed by atoms with Gasteiger partial charge in [-0.05, 0) is 102 Å². The highest BCUT2D eigenvalue weighted by Crippen LogP contribution is 2.75. The van der Waals surface area contributed by atoms with Crippen LogP contribution >= 0.6 is 0 Å². The summed E-state index contributed by atoms with van der Waals surface area (Å²) in [5, 5.41) is 11.0. The zero-order chi connectivity index (χ0) is 24.2. The Labute approximate surface area is 204 Å². The van der Waals surface area contributed by atoms with Crippen molar-refractivity contribution in [1.82, 2.24) is 0 Å². The Morgan fingerprint density at radius 3 is 2.24 bits per heavy atom. The molecule has 0 aromatic carbocycles. The van der Waals surface area contributed by atoms with Gasteiger partial charge in [0.1, 0.15) is 0 Å². The SMILES string of the molecule is COC1C=C2[C@@H]3[C@@H](C)[C@H](C)CC[C@]3(C)CC[C@@]2(C)[C@]2(C)CC[C@H]3C(C)(C)[C@H](O)CC[C@]3(C)[C@@H]12. The fourth-order valence-corrected chi connectivity index (χ4v) is 11.1. The molecule has 2 nitrogen and oxygen atoms in total. The van der Waals surface area contributed by atoms with Gasteiger partial charge in [0.15, 0.2) is 0 Å². The zero-order valence-electron chi connectivity index (χ0n) is 23.1. The van der Waals surface area contributed by atoms with Crippen LogP contribution < -0.4 is 0 Å². The first-order valence-electron chi connectivity index (χ1n) is 14.2. The van der Waals surface area contributed by atoms with Gasteiger partial charge in [-0.2, -0.15) is 0 Å². The molecular formula is C31H52O2. The summed E-state index contributed by atoms with van der Waals surface area (Å²) in [5.74, 6) is 3.35. The number of allylic oxidation sites excluding steroid dienone is 1. The first-order chi connectivity index (χ1) is 15.3. The third kappa shape index (κ3) is 2.92. The zero-order valence-corrected chi connectivity index (χ0v) is 23.1. The van der Waals surface area contributed by atoms with Crippen LogP contribution in [0.5, 0.6) is 0 Å². The van der Waals surface area contributed by atoms with Crippen LogP contribution in [0.3, 0.4) is 0 Å². The number of rotatable bonds is 1. The number of aliphatic hydroxyl groups excluding tert-OH is 1. The van der Waals surface area contributed by atoms with Crippen LogP contribution in [0.4, 0.5) is 0 Å². The average molecular weight is 457 g/mol. The van der Waals surface area contributed by atoms with Crippen LogP contribution in [0.15, 0.2) is 11.6 Å².